The Labute approximate surface area is 172 Å². The highest BCUT2D eigenvalue weighted by atomic mass is 19.1. The van der Waals surface area contributed by atoms with Crippen LogP contribution < -0.4 is 11.1 Å². The molecule has 0 unspecified atom stereocenters. The van der Waals surface area contributed by atoms with E-state index in [-0.39, 0.29) is 11.5 Å². The van der Waals surface area contributed by atoms with Gasteiger partial charge >= 0.3 is 12.1 Å². The zero-order chi connectivity index (χ0) is 22.9. The summed E-state index contributed by atoms with van der Waals surface area (Å²) in [5, 5.41) is 2.66. The second-order valence-corrected chi connectivity index (χ2v) is 6.55. The van der Waals surface area contributed by atoms with Crippen molar-refractivity contribution in [3.05, 3.63) is 29.8 Å². The highest BCUT2D eigenvalue weighted by Gasteiger charge is 2.15. The zero-order valence-corrected chi connectivity index (χ0v) is 18.2. The Morgan fingerprint density at radius 3 is 2.24 bits per heavy atom. The van der Waals surface area contributed by atoms with Crippen molar-refractivity contribution in [3.8, 4) is 0 Å². The summed E-state index contributed by atoms with van der Waals surface area (Å²) in [5.74, 6) is -1.54. The Kier molecular flexibility index (Phi) is 16.0. The van der Waals surface area contributed by atoms with Crippen LogP contribution in [0.3, 0.4) is 0 Å². The molecule has 0 radical (unpaired) electrons. The third-order valence-corrected chi connectivity index (χ3v) is 2.96. The molecule has 0 aliphatic rings. The number of nitrogens with one attached hydrogen (secondary N) is 1. The molecule has 0 aliphatic heterocycles. The van der Waals surface area contributed by atoms with Crippen LogP contribution >= 0.6 is 0 Å². The van der Waals surface area contributed by atoms with E-state index in [9.17, 15) is 18.8 Å². The summed E-state index contributed by atoms with van der Waals surface area (Å²) in [6.45, 7) is 10.0. The van der Waals surface area contributed by atoms with Crippen molar-refractivity contribution in [1.29, 1.82) is 0 Å². The third-order valence-electron chi connectivity index (χ3n) is 2.96. The molecule has 3 N–H and O–H groups in total. The first-order valence-electron chi connectivity index (χ1n) is 9.50. The number of carbonyl (C=O) groups is 3. The lowest BCUT2D eigenvalue weighted by Crippen LogP contribution is -2.32. The van der Waals surface area contributed by atoms with E-state index in [2.05, 4.69) is 15.0 Å². The first-order chi connectivity index (χ1) is 13.5. The Morgan fingerprint density at radius 1 is 1.17 bits per heavy atom. The molecule has 1 aromatic heterocycles. The largest absolute Gasteiger partial charge is 0.469 e. The summed E-state index contributed by atoms with van der Waals surface area (Å²) in [6.07, 6.45) is 3.72. The van der Waals surface area contributed by atoms with Gasteiger partial charge in [-0.3, -0.25) is 9.59 Å². The van der Waals surface area contributed by atoms with Crippen LogP contribution in [0.2, 0.25) is 0 Å². The molecule has 1 rings (SSSR count). The van der Waals surface area contributed by atoms with E-state index in [1.54, 1.807) is 0 Å². The quantitative estimate of drug-likeness (QED) is 0.399. The van der Waals surface area contributed by atoms with Gasteiger partial charge in [-0.15, -0.1) is 0 Å². The summed E-state index contributed by atoms with van der Waals surface area (Å²) >= 11 is 0. The van der Waals surface area contributed by atoms with Crippen LogP contribution in [0.4, 0.5) is 9.18 Å². The number of primary amides is 1. The third kappa shape index (κ3) is 18.4. The summed E-state index contributed by atoms with van der Waals surface area (Å²) in [6, 6.07) is 2.34. The van der Waals surface area contributed by atoms with Gasteiger partial charge < -0.3 is 20.5 Å². The standard InChI is InChI=1S/C12H23NO4.C6H5FN2O.C2H6/c1-12(2,3)17-11(15)13-9-7-5-6-8-10(14)16-4;7-5-3-4(6(8)10)1-2-9-5;1-2/h5-9H2,1-4H3,(H,13,15);1-3H,(H2,8,10);1-2H3. The second-order valence-electron chi connectivity index (χ2n) is 6.55. The van der Waals surface area contributed by atoms with Crippen molar-refractivity contribution in [2.75, 3.05) is 13.7 Å². The fraction of sp³-hybridized carbons (Fsp3) is 0.600. The van der Waals surface area contributed by atoms with Crippen molar-refractivity contribution in [3.63, 3.8) is 0 Å². The number of hydrogen-bond acceptors (Lipinski definition) is 6. The number of halogens is 1. The average molecular weight is 416 g/mol. The maximum Gasteiger partial charge on any atom is 0.407 e. The second kappa shape index (κ2) is 16.3. The molecule has 29 heavy (non-hydrogen) atoms. The first-order valence-corrected chi connectivity index (χ1v) is 9.50. The van der Waals surface area contributed by atoms with Gasteiger partial charge in [-0.25, -0.2) is 9.78 Å². The lowest BCUT2D eigenvalue weighted by atomic mass is 10.2. The van der Waals surface area contributed by atoms with Crippen LogP contribution in [-0.2, 0) is 14.3 Å². The minimum atomic E-state index is -0.698. The van der Waals surface area contributed by atoms with Crippen LogP contribution in [0.1, 0.15) is 70.7 Å². The van der Waals surface area contributed by atoms with Gasteiger partial charge in [0.15, 0.2) is 0 Å². The van der Waals surface area contributed by atoms with E-state index < -0.39 is 23.5 Å². The number of esters is 1. The minimum absolute atomic E-state index is 0.132. The van der Waals surface area contributed by atoms with Crippen LogP contribution in [0.25, 0.3) is 0 Å². The lowest BCUT2D eigenvalue weighted by molar-refractivity contribution is -0.140. The van der Waals surface area contributed by atoms with Crippen molar-refractivity contribution in [1.82, 2.24) is 10.3 Å². The summed E-state index contributed by atoms with van der Waals surface area (Å²) in [5.41, 5.74) is 4.52. The van der Waals surface area contributed by atoms with Gasteiger partial charge in [0, 0.05) is 30.8 Å². The van der Waals surface area contributed by atoms with Crippen molar-refractivity contribution in [2.24, 2.45) is 5.73 Å². The molecule has 0 bridgehead atoms. The Hall–Kier alpha value is -2.71. The molecule has 0 atom stereocenters. The number of rotatable bonds is 7. The molecule has 0 aliphatic carbocycles. The Bertz CT molecular complexity index is 618. The number of amides is 2. The van der Waals surface area contributed by atoms with E-state index in [1.165, 1.54) is 19.4 Å². The maximum atomic E-state index is 12.2. The molecule has 2 amide bonds. The Morgan fingerprint density at radius 2 is 1.79 bits per heavy atom. The van der Waals surface area contributed by atoms with Gasteiger partial charge in [0.05, 0.1) is 7.11 Å². The number of hydrogen-bond donors (Lipinski definition) is 2. The van der Waals surface area contributed by atoms with Crippen LogP contribution in [0.5, 0.6) is 0 Å². The molecule has 8 nitrogen and oxygen atoms in total. The fourth-order valence-electron chi connectivity index (χ4n) is 1.73. The zero-order valence-electron chi connectivity index (χ0n) is 18.2. The summed E-state index contributed by atoms with van der Waals surface area (Å²) < 4.78 is 21.8. The van der Waals surface area contributed by atoms with Crippen LogP contribution in [0.15, 0.2) is 18.3 Å². The topological polar surface area (TPSA) is 121 Å². The van der Waals surface area contributed by atoms with Gasteiger partial charge in [0.25, 0.3) is 0 Å². The maximum absolute atomic E-state index is 12.2. The first kappa shape index (κ1) is 28.5. The van der Waals surface area contributed by atoms with Crippen LogP contribution in [-0.4, -0.2) is 42.2 Å². The minimum Gasteiger partial charge on any atom is -0.469 e. The monoisotopic (exact) mass is 415 g/mol. The molecule has 0 aromatic carbocycles. The predicted octanol–water partition coefficient (Wildman–Crippen LogP) is 3.59. The van der Waals surface area contributed by atoms with Crippen molar-refractivity contribution in [2.45, 2.75) is 65.9 Å². The van der Waals surface area contributed by atoms with Crippen molar-refractivity contribution >= 4 is 18.0 Å². The summed E-state index contributed by atoms with van der Waals surface area (Å²) in [4.78, 5) is 35.7. The van der Waals surface area contributed by atoms with Crippen LogP contribution in [0, 0.1) is 5.95 Å². The predicted molar refractivity (Wildman–Crippen MR) is 109 cm³/mol. The number of nitrogens with zero attached hydrogens (tertiary/aromatic N) is 1. The molecule has 0 spiro atoms. The van der Waals surface area contributed by atoms with E-state index in [0.29, 0.717) is 13.0 Å². The molecular formula is C20H34FN3O5. The normalized spacial score (nSPS) is 9.76. The smallest absolute Gasteiger partial charge is 0.407 e. The van der Waals surface area contributed by atoms with Gasteiger partial charge in [-0.1, -0.05) is 20.3 Å². The number of alkyl carbamates (subject to hydrolysis) is 1. The van der Waals surface area contributed by atoms with E-state index >= 15 is 0 Å². The molecule has 0 saturated carbocycles. The number of nitrogens with two attached hydrogens (primary N) is 1. The number of carbonyl (C=O) groups excluding carboxylic acids is 3. The number of ether oxygens (including phenoxy) is 2. The molecule has 1 heterocycles. The van der Waals surface area contributed by atoms with E-state index in [0.717, 1.165) is 25.3 Å². The average Bonchev–Trinajstić information content (AvgIpc) is 2.65. The molecule has 0 fully saturated rings. The molecule has 0 saturated heterocycles. The highest BCUT2D eigenvalue weighted by Crippen LogP contribution is 2.06. The van der Waals surface area contributed by atoms with Gasteiger partial charge in [-0.05, 0) is 39.7 Å². The molecular weight excluding hydrogens is 381 g/mol. The van der Waals surface area contributed by atoms with E-state index in [4.69, 9.17) is 10.5 Å². The molecule has 9 heteroatoms. The number of methoxy groups -OCH3 is 1. The molecule has 1 aromatic rings. The lowest BCUT2D eigenvalue weighted by Gasteiger charge is -2.19. The fourth-order valence-corrected chi connectivity index (χ4v) is 1.73. The number of pyridine rings is 1. The summed E-state index contributed by atoms with van der Waals surface area (Å²) in [7, 11) is 1.38. The van der Waals surface area contributed by atoms with E-state index in [1.807, 2.05) is 34.6 Å². The molecule has 166 valence electrons. The number of aromatic nitrogens is 1. The Balaban J connectivity index is 0. The van der Waals surface area contributed by atoms with Crippen molar-refractivity contribution < 1.29 is 28.2 Å². The van der Waals surface area contributed by atoms with Gasteiger partial charge in [0.1, 0.15) is 5.60 Å². The highest BCUT2D eigenvalue weighted by molar-refractivity contribution is 5.92. The SMILES string of the molecule is CC.COC(=O)CCCCCNC(=O)OC(C)(C)C.NC(=O)c1ccnc(F)c1. The van der Waals surface area contributed by atoms with Gasteiger partial charge in [0.2, 0.25) is 11.9 Å². The van der Waals surface area contributed by atoms with Gasteiger partial charge in [-0.2, -0.15) is 4.39 Å². The number of unbranched alkanes of at least 4 members (excludes halogenated alkanes) is 2.